The number of H-pyrrole nitrogens is 1. The Labute approximate surface area is 147 Å². The Morgan fingerprint density at radius 2 is 2.16 bits per heavy atom. The van der Waals surface area contributed by atoms with Crippen LogP contribution in [-0.2, 0) is 27.7 Å². The molecule has 0 fully saturated rings. The molecule has 2 N–H and O–H groups in total. The Bertz CT molecular complexity index is 847. The number of sulfonamides is 1. The summed E-state index contributed by atoms with van der Waals surface area (Å²) in [5.41, 5.74) is 2.50. The highest BCUT2D eigenvalue weighted by Gasteiger charge is 2.24. The SMILES string of the molecule is COCCNS(=O)(=O)c1ccc2c(c1)CCN(C(=O)c1ccc[nH]1)C2. The molecule has 0 aliphatic carbocycles. The van der Waals surface area contributed by atoms with Crippen LogP contribution in [-0.4, -0.2) is 51.0 Å². The number of rotatable bonds is 6. The van der Waals surface area contributed by atoms with Gasteiger partial charge in [-0.1, -0.05) is 6.07 Å². The fourth-order valence-electron chi connectivity index (χ4n) is 2.87. The van der Waals surface area contributed by atoms with Crippen LogP contribution in [0.25, 0.3) is 0 Å². The van der Waals surface area contributed by atoms with Crippen molar-refractivity contribution in [2.24, 2.45) is 0 Å². The molecule has 0 unspecified atom stereocenters. The first-order valence-corrected chi connectivity index (χ1v) is 9.52. The minimum absolute atomic E-state index is 0.0476. The number of nitrogens with one attached hydrogen (secondary N) is 2. The van der Waals surface area contributed by atoms with Gasteiger partial charge in [0, 0.05) is 32.9 Å². The van der Waals surface area contributed by atoms with Crippen molar-refractivity contribution in [2.45, 2.75) is 17.9 Å². The molecule has 8 heteroatoms. The molecule has 1 aromatic heterocycles. The van der Waals surface area contributed by atoms with Crippen molar-refractivity contribution in [2.75, 3.05) is 26.8 Å². The van der Waals surface area contributed by atoms with Crippen molar-refractivity contribution in [3.8, 4) is 0 Å². The molecule has 2 aromatic rings. The summed E-state index contributed by atoms with van der Waals surface area (Å²) < 4.78 is 31.9. The maximum atomic E-state index is 12.4. The third-order valence-electron chi connectivity index (χ3n) is 4.21. The molecule has 0 atom stereocenters. The van der Waals surface area contributed by atoms with E-state index in [4.69, 9.17) is 4.74 Å². The van der Waals surface area contributed by atoms with Gasteiger partial charge in [-0.25, -0.2) is 13.1 Å². The summed E-state index contributed by atoms with van der Waals surface area (Å²) in [6.07, 6.45) is 2.35. The zero-order valence-electron chi connectivity index (χ0n) is 14.0. The molecule has 0 spiro atoms. The zero-order chi connectivity index (χ0) is 17.9. The van der Waals surface area contributed by atoms with Gasteiger partial charge in [-0.05, 0) is 41.8 Å². The first-order valence-electron chi connectivity index (χ1n) is 8.04. The van der Waals surface area contributed by atoms with Crippen LogP contribution in [0.5, 0.6) is 0 Å². The number of nitrogens with zero attached hydrogens (tertiary/aromatic N) is 1. The van der Waals surface area contributed by atoms with Crippen molar-refractivity contribution >= 4 is 15.9 Å². The highest BCUT2D eigenvalue weighted by Crippen LogP contribution is 2.23. The molecule has 1 amide bonds. The first kappa shape index (κ1) is 17.7. The van der Waals surface area contributed by atoms with E-state index in [0.29, 0.717) is 31.8 Å². The average Bonchev–Trinajstić information content (AvgIpc) is 3.15. The lowest BCUT2D eigenvalue weighted by Gasteiger charge is -2.29. The molecule has 1 aliphatic rings. The highest BCUT2D eigenvalue weighted by atomic mass is 32.2. The molecule has 25 heavy (non-hydrogen) atoms. The third kappa shape index (κ3) is 3.92. The predicted molar refractivity (Wildman–Crippen MR) is 92.7 cm³/mol. The lowest BCUT2D eigenvalue weighted by Crippen LogP contribution is -2.36. The smallest absolute Gasteiger partial charge is 0.270 e. The molecule has 3 rings (SSSR count). The number of carbonyl (C=O) groups is 1. The Kier molecular flexibility index (Phi) is 5.22. The van der Waals surface area contributed by atoms with Crippen LogP contribution in [0, 0.1) is 0 Å². The number of methoxy groups -OCH3 is 1. The van der Waals surface area contributed by atoms with E-state index in [1.807, 2.05) is 0 Å². The lowest BCUT2D eigenvalue weighted by atomic mass is 9.99. The van der Waals surface area contributed by atoms with Gasteiger partial charge in [-0.15, -0.1) is 0 Å². The Hall–Kier alpha value is -2.16. The number of aromatic nitrogens is 1. The zero-order valence-corrected chi connectivity index (χ0v) is 14.8. The van der Waals surface area contributed by atoms with Gasteiger partial charge in [0.25, 0.3) is 5.91 Å². The Morgan fingerprint density at radius 3 is 2.88 bits per heavy atom. The number of hydrogen-bond donors (Lipinski definition) is 2. The molecular formula is C17H21N3O4S. The summed E-state index contributed by atoms with van der Waals surface area (Å²) in [5, 5.41) is 0. The van der Waals surface area contributed by atoms with Gasteiger partial charge in [-0.2, -0.15) is 0 Å². The van der Waals surface area contributed by atoms with Crippen LogP contribution in [0.15, 0.2) is 41.4 Å². The van der Waals surface area contributed by atoms with E-state index in [1.54, 1.807) is 41.4 Å². The quantitative estimate of drug-likeness (QED) is 0.753. The van der Waals surface area contributed by atoms with E-state index < -0.39 is 10.0 Å². The molecule has 2 heterocycles. The minimum atomic E-state index is -3.55. The Morgan fingerprint density at radius 1 is 1.32 bits per heavy atom. The van der Waals surface area contributed by atoms with Crippen LogP contribution in [0.4, 0.5) is 0 Å². The number of fused-ring (bicyclic) bond motifs is 1. The largest absolute Gasteiger partial charge is 0.383 e. The monoisotopic (exact) mass is 363 g/mol. The topological polar surface area (TPSA) is 91.5 Å². The fraction of sp³-hybridized carbons (Fsp3) is 0.353. The Balaban J connectivity index is 1.74. The van der Waals surface area contributed by atoms with Crippen molar-refractivity contribution in [3.05, 3.63) is 53.3 Å². The van der Waals surface area contributed by atoms with E-state index in [1.165, 1.54) is 7.11 Å². The van der Waals surface area contributed by atoms with Crippen molar-refractivity contribution in [1.82, 2.24) is 14.6 Å². The number of carbonyl (C=O) groups excluding carboxylic acids is 1. The van der Waals surface area contributed by atoms with Gasteiger partial charge in [0.2, 0.25) is 10.0 Å². The number of ether oxygens (including phenoxy) is 1. The van der Waals surface area contributed by atoms with Gasteiger partial charge in [0.15, 0.2) is 0 Å². The van der Waals surface area contributed by atoms with Crippen LogP contribution in [0.2, 0.25) is 0 Å². The molecule has 1 aliphatic heterocycles. The van der Waals surface area contributed by atoms with Crippen molar-refractivity contribution < 1.29 is 17.9 Å². The minimum Gasteiger partial charge on any atom is -0.383 e. The van der Waals surface area contributed by atoms with Gasteiger partial charge in [-0.3, -0.25) is 4.79 Å². The molecule has 0 saturated carbocycles. The van der Waals surface area contributed by atoms with Gasteiger partial charge < -0.3 is 14.6 Å². The number of hydrogen-bond acceptors (Lipinski definition) is 4. The van der Waals surface area contributed by atoms with E-state index in [9.17, 15) is 13.2 Å². The second-order valence-corrected chi connectivity index (χ2v) is 7.65. The second kappa shape index (κ2) is 7.38. The average molecular weight is 363 g/mol. The molecule has 134 valence electrons. The van der Waals surface area contributed by atoms with Crippen molar-refractivity contribution in [3.63, 3.8) is 0 Å². The maximum absolute atomic E-state index is 12.4. The maximum Gasteiger partial charge on any atom is 0.270 e. The molecule has 0 bridgehead atoms. The summed E-state index contributed by atoms with van der Waals surface area (Å²) in [6.45, 7) is 1.59. The number of benzene rings is 1. The van der Waals surface area contributed by atoms with Crippen LogP contribution in [0.1, 0.15) is 21.6 Å². The van der Waals surface area contributed by atoms with Crippen LogP contribution in [0.3, 0.4) is 0 Å². The normalized spacial score (nSPS) is 14.4. The van der Waals surface area contributed by atoms with Gasteiger partial charge >= 0.3 is 0 Å². The van der Waals surface area contributed by atoms with Gasteiger partial charge in [0.05, 0.1) is 11.5 Å². The van der Waals surface area contributed by atoms with Crippen molar-refractivity contribution in [1.29, 1.82) is 0 Å². The van der Waals surface area contributed by atoms with Crippen LogP contribution < -0.4 is 4.72 Å². The van der Waals surface area contributed by atoms with E-state index >= 15 is 0 Å². The summed E-state index contributed by atoms with van der Waals surface area (Å²) in [7, 11) is -2.03. The predicted octanol–water partition coefficient (Wildman–Crippen LogP) is 1.14. The summed E-state index contributed by atoms with van der Waals surface area (Å²) >= 11 is 0. The van der Waals surface area contributed by atoms with Gasteiger partial charge in [0.1, 0.15) is 5.69 Å². The molecule has 0 saturated heterocycles. The molecule has 1 aromatic carbocycles. The lowest BCUT2D eigenvalue weighted by molar-refractivity contribution is 0.0729. The number of aromatic amines is 1. The molecule has 7 nitrogen and oxygen atoms in total. The van der Waals surface area contributed by atoms with Crippen LogP contribution >= 0.6 is 0 Å². The van der Waals surface area contributed by atoms with E-state index in [-0.39, 0.29) is 17.3 Å². The number of amides is 1. The molecule has 0 radical (unpaired) electrons. The summed E-state index contributed by atoms with van der Waals surface area (Å²) in [5.74, 6) is -0.0476. The molecular weight excluding hydrogens is 342 g/mol. The summed E-state index contributed by atoms with van der Waals surface area (Å²) in [6, 6.07) is 8.60. The fourth-order valence-corrected chi connectivity index (χ4v) is 3.93. The summed E-state index contributed by atoms with van der Waals surface area (Å²) in [4.78, 5) is 17.3. The van der Waals surface area contributed by atoms with E-state index in [2.05, 4.69) is 9.71 Å². The third-order valence-corrected chi connectivity index (χ3v) is 5.67. The first-order chi connectivity index (χ1) is 12.0. The van der Waals surface area contributed by atoms with E-state index in [0.717, 1.165) is 11.1 Å². The second-order valence-electron chi connectivity index (χ2n) is 5.88. The highest BCUT2D eigenvalue weighted by molar-refractivity contribution is 7.89. The standard InChI is InChI=1S/C17H21N3O4S/c1-24-10-8-19-25(22,23)15-5-4-14-12-20(9-6-13(14)11-15)17(21)16-3-2-7-18-16/h2-5,7,11,18-19H,6,8-10,12H2,1H3.